The highest BCUT2D eigenvalue weighted by Gasteiger charge is 2.14. The number of rotatable bonds is 5. The number of carbonyl (C=O) groups excluding carboxylic acids is 1. The summed E-state index contributed by atoms with van der Waals surface area (Å²) in [6.45, 7) is 5.26. The second-order valence-corrected chi connectivity index (χ2v) is 7.21. The summed E-state index contributed by atoms with van der Waals surface area (Å²) in [7, 11) is 1.62. The average molecular weight is 391 g/mol. The molecule has 1 aromatic heterocycles. The largest absolute Gasteiger partial charge is 0.497 e. The second-order valence-electron chi connectivity index (χ2n) is 7.21. The molecule has 3 aromatic rings. The number of benzene rings is 2. The maximum Gasteiger partial charge on any atom is 0.228 e. The molecule has 4 rings (SSSR count). The number of aryl methyl sites for hydroxylation is 1. The number of hydrogen-bond donors (Lipinski definition) is 1. The first-order valence-electron chi connectivity index (χ1n) is 9.79. The summed E-state index contributed by atoms with van der Waals surface area (Å²) in [6, 6.07) is 15.5. The van der Waals surface area contributed by atoms with Crippen LogP contribution in [0, 0.1) is 6.92 Å². The Hall–Kier alpha value is -3.12. The monoisotopic (exact) mass is 391 g/mol. The van der Waals surface area contributed by atoms with Crippen molar-refractivity contribution >= 4 is 28.3 Å². The molecule has 0 atom stereocenters. The van der Waals surface area contributed by atoms with Gasteiger partial charge in [0, 0.05) is 24.2 Å². The van der Waals surface area contributed by atoms with Gasteiger partial charge in [0.25, 0.3) is 0 Å². The van der Waals surface area contributed by atoms with Gasteiger partial charge >= 0.3 is 0 Å². The summed E-state index contributed by atoms with van der Waals surface area (Å²) in [5, 5.41) is 4.03. The number of anilines is 2. The maximum atomic E-state index is 12.5. The Morgan fingerprint density at radius 2 is 2.00 bits per heavy atom. The lowest BCUT2D eigenvalue weighted by atomic mass is 10.1. The Labute approximate surface area is 170 Å². The smallest absolute Gasteiger partial charge is 0.228 e. The Morgan fingerprint density at radius 3 is 2.79 bits per heavy atom. The van der Waals surface area contributed by atoms with E-state index < -0.39 is 0 Å². The number of morpholine rings is 1. The summed E-state index contributed by atoms with van der Waals surface area (Å²) in [6.07, 6.45) is 0.294. The van der Waals surface area contributed by atoms with Gasteiger partial charge in [-0.2, -0.15) is 0 Å². The van der Waals surface area contributed by atoms with E-state index in [4.69, 9.17) is 14.5 Å². The standard InChI is InChI=1S/C23H25N3O3/c1-16-12-22(26-8-10-29-11-9-26)25-21-7-6-18(15-20(16)21)24-23(27)14-17-4-3-5-19(13-17)28-2/h3-7,12-13,15H,8-11,14H2,1-2H3,(H,24,27). The van der Waals surface area contributed by atoms with E-state index in [1.54, 1.807) is 7.11 Å². The molecule has 1 saturated heterocycles. The summed E-state index contributed by atoms with van der Waals surface area (Å²) >= 11 is 0. The van der Waals surface area contributed by atoms with Gasteiger partial charge in [-0.3, -0.25) is 4.79 Å². The normalized spacial score (nSPS) is 14.1. The number of hydrogen-bond acceptors (Lipinski definition) is 5. The lowest BCUT2D eigenvalue weighted by molar-refractivity contribution is -0.115. The van der Waals surface area contributed by atoms with Crippen LogP contribution in [0.1, 0.15) is 11.1 Å². The van der Waals surface area contributed by atoms with Crippen LogP contribution >= 0.6 is 0 Å². The quantitative estimate of drug-likeness (QED) is 0.720. The van der Waals surface area contributed by atoms with Crippen molar-refractivity contribution in [3.05, 3.63) is 59.7 Å². The number of ether oxygens (including phenoxy) is 2. The molecule has 1 fully saturated rings. The van der Waals surface area contributed by atoms with Crippen LogP contribution in [0.2, 0.25) is 0 Å². The van der Waals surface area contributed by atoms with Gasteiger partial charge in [-0.25, -0.2) is 4.98 Å². The summed E-state index contributed by atoms with van der Waals surface area (Å²) in [5.41, 5.74) is 3.75. The highest BCUT2D eigenvalue weighted by Crippen LogP contribution is 2.26. The van der Waals surface area contributed by atoms with E-state index in [2.05, 4.69) is 23.2 Å². The summed E-state index contributed by atoms with van der Waals surface area (Å²) in [4.78, 5) is 19.5. The van der Waals surface area contributed by atoms with Gasteiger partial charge in [0.1, 0.15) is 11.6 Å². The minimum Gasteiger partial charge on any atom is -0.497 e. The number of amides is 1. The van der Waals surface area contributed by atoms with Gasteiger partial charge in [-0.1, -0.05) is 12.1 Å². The van der Waals surface area contributed by atoms with Crippen molar-refractivity contribution in [2.24, 2.45) is 0 Å². The molecular weight excluding hydrogens is 366 g/mol. The number of nitrogens with zero attached hydrogens (tertiary/aromatic N) is 2. The van der Waals surface area contributed by atoms with E-state index in [9.17, 15) is 4.79 Å². The lowest BCUT2D eigenvalue weighted by Crippen LogP contribution is -2.36. The number of pyridine rings is 1. The van der Waals surface area contributed by atoms with Gasteiger partial charge in [-0.15, -0.1) is 0 Å². The van der Waals surface area contributed by atoms with Gasteiger partial charge in [-0.05, 0) is 54.4 Å². The van der Waals surface area contributed by atoms with E-state index in [0.717, 1.165) is 65.6 Å². The third kappa shape index (κ3) is 4.49. The fraction of sp³-hybridized carbons (Fsp3) is 0.304. The van der Waals surface area contributed by atoms with Gasteiger partial charge in [0.15, 0.2) is 0 Å². The first kappa shape index (κ1) is 19.2. The molecule has 0 aliphatic carbocycles. The molecule has 0 bridgehead atoms. The number of nitrogens with one attached hydrogen (secondary N) is 1. The van der Waals surface area contributed by atoms with Crippen LogP contribution in [0.25, 0.3) is 10.9 Å². The van der Waals surface area contributed by atoms with Crippen LogP contribution in [0.15, 0.2) is 48.5 Å². The van der Waals surface area contributed by atoms with Crippen LogP contribution in [-0.2, 0) is 16.0 Å². The van der Waals surface area contributed by atoms with Crippen molar-refractivity contribution in [3.8, 4) is 5.75 Å². The highest BCUT2D eigenvalue weighted by atomic mass is 16.5. The summed E-state index contributed by atoms with van der Waals surface area (Å²) in [5.74, 6) is 1.67. The Kier molecular flexibility index (Phi) is 5.62. The zero-order valence-electron chi connectivity index (χ0n) is 16.8. The van der Waals surface area contributed by atoms with Crippen LogP contribution in [0.4, 0.5) is 11.5 Å². The second kappa shape index (κ2) is 8.49. The third-order valence-corrected chi connectivity index (χ3v) is 5.12. The lowest BCUT2D eigenvalue weighted by Gasteiger charge is -2.28. The predicted molar refractivity (Wildman–Crippen MR) is 115 cm³/mol. The summed E-state index contributed by atoms with van der Waals surface area (Å²) < 4.78 is 10.7. The molecule has 6 nitrogen and oxygen atoms in total. The van der Waals surface area contributed by atoms with E-state index >= 15 is 0 Å². The fourth-order valence-electron chi connectivity index (χ4n) is 3.58. The molecule has 150 valence electrons. The Balaban J connectivity index is 1.50. The van der Waals surface area contributed by atoms with Crippen molar-refractivity contribution in [2.45, 2.75) is 13.3 Å². The number of methoxy groups -OCH3 is 1. The first-order valence-corrected chi connectivity index (χ1v) is 9.79. The molecule has 2 heterocycles. The number of carbonyl (C=O) groups is 1. The third-order valence-electron chi connectivity index (χ3n) is 5.12. The average Bonchev–Trinajstić information content (AvgIpc) is 2.74. The van der Waals surface area contributed by atoms with Crippen LogP contribution in [0.3, 0.4) is 0 Å². The molecule has 1 aliphatic rings. The minimum absolute atomic E-state index is 0.0619. The van der Waals surface area contributed by atoms with Crippen LogP contribution in [0.5, 0.6) is 5.75 Å². The molecule has 0 radical (unpaired) electrons. The maximum absolute atomic E-state index is 12.5. The van der Waals surface area contributed by atoms with E-state index in [1.807, 2.05) is 42.5 Å². The minimum atomic E-state index is -0.0619. The van der Waals surface area contributed by atoms with Gasteiger partial charge in [0.2, 0.25) is 5.91 Å². The Morgan fingerprint density at radius 1 is 1.17 bits per heavy atom. The van der Waals surface area contributed by atoms with Crippen molar-refractivity contribution in [2.75, 3.05) is 43.6 Å². The first-order chi connectivity index (χ1) is 14.1. The van der Waals surface area contributed by atoms with Crippen molar-refractivity contribution in [1.29, 1.82) is 0 Å². The number of fused-ring (bicyclic) bond motifs is 1. The van der Waals surface area contributed by atoms with E-state index in [-0.39, 0.29) is 5.91 Å². The highest BCUT2D eigenvalue weighted by molar-refractivity contribution is 5.95. The number of aromatic nitrogens is 1. The molecular formula is C23H25N3O3. The predicted octanol–water partition coefficient (Wildman–Crippen LogP) is 3.57. The molecule has 6 heteroatoms. The fourth-order valence-corrected chi connectivity index (χ4v) is 3.58. The van der Waals surface area contributed by atoms with Gasteiger partial charge < -0.3 is 19.7 Å². The van der Waals surface area contributed by atoms with Crippen molar-refractivity contribution in [3.63, 3.8) is 0 Å². The van der Waals surface area contributed by atoms with Gasteiger partial charge in [0.05, 0.1) is 32.3 Å². The molecule has 1 N–H and O–H groups in total. The molecule has 0 unspecified atom stereocenters. The zero-order valence-corrected chi connectivity index (χ0v) is 16.8. The van der Waals surface area contributed by atoms with Crippen molar-refractivity contribution < 1.29 is 14.3 Å². The van der Waals surface area contributed by atoms with Crippen LogP contribution < -0.4 is 15.0 Å². The van der Waals surface area contributed by atoms with E-state index in [0.29, 0.717) is 6.42 Å². The van der Waals surface area contributed by atoms with Crippen LogP contribution in [-0.4, -0.2) is 44.3 Å². The molecule has 0 saturated carbocycles. The topological polar surface area (TPSA) is 63.7 Å². The molecule has 0 spiro atoms. The van der Waals surface area contributed by atoms with E-state index in [1.165, 1.54) is 0 Å². The molecule has 2 aromatic carbocycles. The SMILES string of the molecule is COc1cccc(CC(=O)Nc2ccc3nc(N4CCOCC4)cc(C)c3c2)c1. The van der Waals surface area contributed by atoms with Crippen molar-refractivity contribution in [1.82, 2.24) is 4.98 Å². The molecule has 1 aliphatic heterocycles. The zero-order chi connectivity index (χ0) is 20.2. The molecule has 29 heavy (non-hydrogen) atoms. The Bertz CT molecular complexity index is 1030. The molecule has 1 amide bonds.